The molecule has 1 aliphatic carbocycles. The number of para-hydroxylation sites is 1. The molecule has 1 aromatic rings. The van der Waals surface area contributed by atoms with Crippen molar-refractivity contribution >= 4 is 6.03 Å². The predicted octanol–water partition coefficient (Wildman–Crippen LogP) is 1.79. The molecule has 0 aromatic heterocycles. The summed E-state index contributed by atoms with van der Waals surface area (Å²) in [7, 11) is 1.70. The van der Waals surface area contributed by atoms with Crippen molar-refractivity contribution in [1.82, 2.24) is 10.2 Å². The Morgan fingerprint density at radius 1 is 1.48 bits per heavy atom. The highest BCUT2D eigenvalue weighted by Gasteiger charge is 2.31. The van der Waals surface area contributed by atoms with E-state index in [4.69, 9.17) is 4.74 Å². The molecule has 1 unspecified atom stereocenters. The Morgan fingerprint density at radius 3 is 2.86 bits per heavy atom. The van der Waals surface area contributed by atoms with Crippen molar-refractivity contribution in [2.75, 3.05) is 26.7 Å². The molecular weight excluding hydrogens is 268 g/mol. The predicted molar refractivity (Wildman–Crippen MR) is 81.4 cm³/mol. The number of hydrogen-bond acceptors (Lipinski definition) is 3. The van der Waals surface area contributed by atoms with Gasteiger partial charge in [0.15, 0.2) is 0 Å². The lowest BCUT2D eigenvalue weighted by Crippen LogP contribution is -2.43. The van der Waals surface area contributed by atoms with Crippen LogP contribution >= 0.6 is 0 Å². The molecule has 1 fully saturated rings. The molecule has 1 atom stereocenters. The van der Waals surface area contributed by atoms with Crippen molar-refractivity contribution < 1.29 is 14.6 Å². The zero-order valence-corrected chi connectivity index (χ0v) is 12.7. The number of hydrogen-bond donors (Lipinski definition) is 2. The van der Waals surface area contributed by atoms with Crippen molar-refractivity contribution in [2.45, 2.75) is 25.9 Å². The first kappa shape index (κ1) is 15.6. The maximum Gasteiger partial charge on any atom is 0.317 e. The van der Waals surface area contributed by atoms with Gasteiger partial charge in [-0.05, 0) is 37.3 Å². The summed E-state index contributed by atoms with van der Waals surface area (Å²) < 4.78 is 5.61. The monoisotopic (exact) mass is 292 g/mol. The highest BCUT2D eigenvalue weighted by Crippen LogP contribution is 2.32. The Balaban J connectivity index is 1.63. The van der Waals surface area contributed by atoms with Crippen molar-refractivity contribution in [1.29, 1.82) is 0 Å². The third-order valence-corrected chi connectivity index (χ3v) is 3.70. The summed E-state index contributed by atoms with van der Waals surface area (Å²) in [5, 5.41) is 12.6. The van der Waals surface area contributed by atoms with Gasteiger partial charge in [0.25, 0.3) is 0 Å². The second kappa shape index (κ2) is 7.31. The first-order valence-electron chi connectivity index (χ1n) is 7.43. The van der Waals surface area contributed by atoms with Gasteiger partial charge in [0.1, 0.15) is 12.4 Å². The summed E-state index contributed by atoms with van der Waals surface area (Å²) in [5.74, 6) is 1.22. The quantitative estimate of drug-likeness (QED) is 0.753. The number of rotatable bonds is 7. The van der Waals surface area contributed by atoms with Crippen LogP contribution in [0.4, 0.5) is 4.79 Å². The van der Waals surface area contributed by atoms with Crippen molar-refractivity contribution in [3.63, 3.8) is 0 Å². The third kappa shape index (κ3) is 4.93. The Labute approximate surface area is 125 Å². The van der Waals surface area contributed by atoms with Gasteiger partial charge < -0.3 is 20.1 Å². The standard InChI is InChI=1S/C16H24N2O3/c1-12-5-3-4-6-15(12)21-10-9-17-16(20)18(2)11-14(19)13-7-8-13/h3-6,13-14,19H,7-11H2,1-2H3,(H,17,20). The van der Waals surface area contributed by atoms with Gasteiger partial charge in [-0.3, -0.25) is 0 Å². The number of ether oxygens (including phenoxy) is 1. The highest BCUT2D eigenvalue weighted by atomic mass is 16.5. The number of carbonyl (C=O) groups is 1. The molecule has 1 aromatic carbocycles. The Kier molecular flexibility index (Phi) is 5.44. The number of aryl methyl sites for hydroxylation is 1. The number of nitrogens with zero attached hydrogens (tertiary/aromatic N) is 1. The molecule has 0 spiro atoms. The van der Waals surface area contributed by atoms with Gasteiger partial charge in [-0.25, -0.2) is 4.79 Å². The van der Waals surface area contributed by atoms with Crippen LogP contribution in [0.5, 0.6) is 5.75 Å². The minimum absolute atomic E-state index is 0.178. The summed E-state index contributed by atoms with van der Waals surface area (Å²) in [6.45, 7) is 3.24. The van der Waals surface area contributed by atoms with E-state index in [0.29, 0.717) is 25.6 Å². The largest absolute Gasteiger partial charge is 0.491 e. The number of aliphatic hydroxyl groups is 1. The van der Waals surface area contributed by atoms with Crippen LogP contribution < -0.4 is 10.1 Å². The Bertz CT molecular complexity index is 474. The fourth-order valence-electron chi connectivity index (χ4n) is 2.17. The van der Waals surface area contributed by atoms with Gasteiger partial charge in [0.05, 0.1) is 12.6 Å². The lowest BCUT2D eigenvalue weighted by atomic mass is 10.2. The number of nitrogens with one attached hydrogen (secondary N) is 1. The molecule has 5 nitrogen and oxygen atoms in total. The highest BCUT2D eigenvalue weighted by molar-refractivity contribution is 5.73. The van der Waals surface area contributed by atoms with E-state index < -0.39 is 6.10 Å². The number of urea groups is 1. The molecule has 0 radical (unpaired) electrons. The molecular formula is C16H24N2O3. The number of likely N-dealkylation sites (N-methyl/N-ethyl adjacent to an activating group) is 1. The molecule has 1 aliphatic rings. The first-order valence-corrected chi connectivity index (χ1v) is 7.43. The van der Waals surface area contributed by atoms with E-state index in [0.717, 1.165) is 24.2 Å². The van der Waals surface area contributed by atoms with Gasteiger partial charge in [0, 0.05) is 13.6 Å². The van der Waals surface area contributed by atoms with Gasteiger partial charge in [-0.2, -0.15) is 0 Å². The van der Waals surface area contributed by atoms with Gasteiger partial charge >= 0.3 is 6.03 Å². The number of amides is 2. The summed E-state index contributed by atoms with van der Waals surface area (Å²) in [4.78, 5) is 13.4. The van der Waals surface area contributed by atoms with Crippen molar-refractivity contribution in [2.24, 2.45) is 5.92 Å². The van der Waals surface area contributed by atoms with Gasteiger partial charge in [-0.15, -0.1) is 0 Å². The fourth-order valence-corrected chi connectivity index (χ4v) is 2.17. The maximum atomic E-state index is 11.8. The number of benzene rings is 1. The third-order valence-electron chi connectivity index (χ3n) is 3.70. The second-order valence-corrected chi connectivity index (χ2v) is 5.63. The normalized spacial score (nSPS) is 15.4. The fraction of sp³-hybridized carbons (Fsp3) is 0.562. The van der Waals surface area contributed by atoms with Crippen molar-refractivity contribution in [3.8, 4) is 5.75 Å². The van der Waals surface area contributed by atoms with Crippen LogP contribution in [-0.2, 0) is 0 Å². The van der Waals surface area contributed by atoms with E-state index in [-0.39, 0.29) is 6.03 Å². The van der Waals surface area contributed by atoms with E-state index in [1.165, 1.54) is 4.90 Å². The van der Waals surface area contributed by atoms with Crippen LogP contribution in [-0.4, -0.2) is 48.9 Å². The maximum absolute atomic E-state index is 11.8. The number of aliphatic hydroxyl groups excluding tert-OH is 1. The summed E-state index contributed by atoms with van der Waals surface area (Å²) in [5.41, 5.74) is 1.08. The zero-order valence-electron chi connectivity index (χ0n) is 12.7. The molecule has 2 amide bonds. The lowest BCUT2D eigenvalue weighted by molar-refractivity contribution is 0.113. The van der Waals surface area contributed by atoms with E-state index in [1.54, 1.807) is 7.05 Å². The molecule has 0 heterocycles. The average Bonchev–Trinajstić information content (AvgIpc) is 3.29. The summed E-state index contributed by atoms with van der Waals surface area (Å²) >= 11 is 0. The Hall–Kier alpha value is -1.75. The minimum Gasteiger partial charge on any atom is -0.491 e. The molecule has 21 heavy (non-hydrogen) atoms. The molecule has 0 bridgehead atoms. The molecule has 0 saturated heterocycles. The van der Waals surface area contributed by atoms with Crippen LogP contribution in [0, 0.1) is 12.8 Å². The number of carbonyl (C=O) groups excluding carboxylic acids is 1. The SMILES string of the molecule is Cc1ccccc1OCCNC(=O)N(C)CC(O)C1CC1. The smallest absolute Gasteiger partial charge is 0.317 e. The van der Waals surface area contributed by atoms with Crippen LogP contribution in [0.3, 0.4) is 0 Å². The van der Waals surface area contributed by atoms with Crippen LogP contribution in [0.15, 0.2) is 24.3 Å². The van der Waals surface area contributed by atoms with E-state index in [1.807, 2.05) is 31.2 Å². The lowest BCUT2D eigenvalue weighted by Gasteiger charge is -2.21. The average molecular weight is 292 g/mol. The van der Waals surface area contributed by atoms with Gasteiger partial charge in [0.2, 0.25) is 0 Å². The molecule has 1 saturated carbocycles. The van der Waals surface area contributed by atoms with E-state index >= 15 is 0 Å². The van der Waals surface area contributed by atoms with Crippen LogP contribution in [0.2, 0.25) is 0 Å². The Morgan fingerprint density at radius 2 is 2.19 bits per heavy atom. The van der Waals surface area contributed by atoms with Crippen LogP contribution in [0.1, 0.15) is 18.4 Å². The van der Waals surface area contributed by atoms with E-state index in [2.05, 4.69) is 5.32 Å². The molecule has 116 valence electrons. The first-order chi connectivity index (χ1) is 10.1. The minimum atomic E-state index is -0.399. The van der Waals surface area contributed by atoms with Crippen molar-refractivity contribution in [3.05, 3.63) is 29.8 Å². The zero-order chi connectivity index (χ0) is 15.2. The molecule has 0 aliphatic heterocycles. The van der Waals surface area contributed by atoms with Crippen LogP contribution in [0.25, 0.3) is 0 Å². The van der Waals surface area contributed by atoms with Gasteiger partial charge in [-0.1, -0.05) is 18.2 Å². The molecule has 2 rings (SSSR count). The summed E-state index contributed by atoms with van der Waals surface area (Å²) in [6, 6.07) is 7.61. The molecule has 5 heteroatoms. The molecule has 2 N–H and O–H groups in total. The topological polar surface area (TPSA) is 61.8 Å². The summed E-state index contributed by atoms with van der Waals surface area (Å²) in [6.07, 6.45) is 1.74. The second-order valence-electron chi connectivity index (χ2n) is 5.63. The van der Waals surface area contributed by atoms with E-state index in [9.17, 15) is 9.90 Å².